The number of ether oxygens (including phenoxy) is 3. The van der Waals surface area contributed by atoms with Crippen molar-refractivity contribution in [3.63, 3.8) is 0 Å². The van der Waals surface area contributed by atoms with Crippen molar-refractivity contribution in [1.29, 1.82) is 0 Å². The molecule has 0 fully saturated rings. The molecule has 1 aliphatic carbocycles. The predicted molar refractivity (Wildman–Crippen MR) is 95.3 cm³/mol. The van der Waals surface area contributed by atoms with Crippen LogP contribution in [0.15, 0.2) is 24.3 Å². The topological polar surface area (TPSA) is 77.0 Å². The first-order chi connectivity index (χ1) is 12.5. The van der Waals surface area contributed by atoms with E-state index in [9.17, 15) is 9.90 Å². The third kappa shape index (κ3) is 2.77. The Morgan fingerprint density at radius 2 is 2.35 bits per heavy atom. The van der Waals surface area contributed by atoms with Crippen LogP contribution in [0.1, 0.15) is 37.3 Å². The molecule has 2 N–H and O–H groups in total. The highest BCUT2D eigenvalue weighted by atomic mass is 16.6. The number of carbonyl (C=O) groups excluding carboxylic acids is 1. The van der Waals surface area contributed by atoms with Crippen LogP contribution >= 0.6 is 0 Å². The van der Waals surface area contributed by atoms with E-state index < -0.39 is 6.10 Å². The second-order valence-electron chi connectivity index (χ2n) is 7.38. The molecule has 1 spiro atoms. The Balaban J connectivity index is 1.66. The SMILES string of the molecule is COc1ccc2c3c1O[C@H]1C[C@@H](OC(=O)C[C@@H](C)O)C=C[C@@]31CCNC2. The molecule has 0 amide bonds. The molecule has 1 aromatic rings. The van der Waals surface area contributed by atoms with E-state index in [-0.39, 0.29) is 30.0 Å². The van der Waals surface area contributed by atoms with Crippen molar-refractivity contribution in [2.75, 3.05) is 13.7 Å². The fourth-order valence-electron chi connectivity index (χ4n) is 4.40. The van der Waals surface area contributed by atoms with Crippen LogP contribution < -0.4 is 14.8 Å². The molecular weight excluding hydrogens is 334 g/mol. The van der Waals surface area contributed by atoms with Gasteiger partial charge in [0.2, 0.25) is 0 Å². The van der Waals surface area contributed by atoms with Crippen molar-refractivity contribution < 1.29 is 24.1 Å². The number of hydrogen-bond donors (Lipinski definition) is 2. The highest BCUT2D eigenvalue weighted by Gasteiger charge is 2.52. The molecule has 0 saturated carbocycles. The number of nitrogens with one attached hydrogen (secondary N) is 1. The number of rotatable bonds is 4. The lowest BCUT2D eigenvalue weighted by atomic mass is 9.69. The maximum atomic E-state index is 11.9. The minimum atomic E-state index is -0.701. The zero-order chi connectivity index (χ0) is 18.3. The summed E-state index contributed by atoms with van der Waals surface area (Å²) in [4.78, 5) is 11.9. The minimum Gasteiger partial charge on any atom is -0.493 e. The first-order valence-corrected chi connectivity index (χ1v) is 9.18. The Morgan fingerprint density at radius 1 is 1.50 bits per heavy atom. The van der Waals surface area contributed by atoms with Crippen LogP contribution in [-0.2, 0) is 21.5 Å². The summed E-state index contributed by atoms with van der Waals surface area (Å²) in [5, 5.41) is 12.8. The summed E-state index contributed by atoms with van der Waals surface area (Å²) in [7, 11) is 1.65. The maximum absolute atomic E-state index is 11.9. The van der Waals surface area contributed by atoms with Crippen LogP contribution in [0, 0.1) is 0 Å². The van der Waals surface area contributed by atoms with Gasteiger partial charge < -0.3 is 24.6 Å². The van der Waals surface area contributed by atoms with Gasteiger partial charge in [-0.2, -0.15) is 0 Å². The smallest absolute Gasteiger partial charge is 0.308 e. The van der Waals surface area contributed by atoms with Gasteiger partial charge in [-0.15, -0.1) is 0 Å². The number of esters is 1. The van der Waals surface area contributed by atoms with Crippen molar-refractivity contribution in [1.82, 2.24) is 5.32 Å². The first-order valence-electron chi connectivity index (χ1n) is 9.18. The Hall–Kier alpha value is -2.05. The van der Waals surface area contributed by atoms with E-state index in [1.54, 1.807) is 14.0 Å². The molecule has 2 heterocycles. The van der Waals surface area contributed by atoms with Crippen LogP contribution in [0.4, 0.5) is 0 Å². The predicted octanol–water partition coefficient (Wildman–Crippen LogP) is 1.83. The Bertz CT molecular complexity index is 744. The summed E-state index contributed by atoms with van der Waals surface area (Å²) in [5.74, 6) is 1.18. The summed E-state index contributed by atoms with van der Waals surface area (Å²) in [6.45, 7) is 3.29. The van der Waals surface area contributed by atoms with Gasteiger partial charge in [0.05, 0.1) is 25.0 Å². The number of carbonyl (C=O) groups is 1. The molecule has 1 aromatic carbocycles. The lowest BCUT2D eigenvalue weighted by molar-refractivity contribution is -0.150. The van der Waals surface area contributed by atoms with E-state index in [2.05, 4.69) is 17.5 Å². The molecule has 4 rings (SSSR count). The van der Waals surface area contributed by atoms with E-state index in [1.165, 1.54) is 11.1 Å². The fraction of sp³-hybridized carbons (Fsp3) is 0.550. The molecule has 0 saturated heterocycles. The van der Waals surface area contributed by atoms with E-state index in [0.29, 0.717) is 6.42 Å². The lowest BCUT2D eigenvalue weighted by Crippen LogP contribution is -2.43. The Kier molecular flexibility index (Phi) is 4.40. The van der Waals surface area contributed by atoms with Crippen LogP contribution in [0.25, 0.3) is 0 Å². The van der Waals surface area contributed by atoms with Crippen molar-refractivity contribution in [2.45, 2.75) is 56.5 Å². The number of hydrogen-bond acceptors (Lipinski definition) is 6. The minimum absolute atomic E-state index is 0.00310. The zero-order valence-electron chi connectivity index (χ0n) is 15.2. The molecule has 26 heavy (non-hydrogen) atoms. The quantitative estimate of drug-likeness (QED) is 0.631. The molecule has 0 unspecified atom stereocenters. The molecule has 2 aliphatic heterocycles. The third-order valence-corrected chi connectivity index (χ3v) is 5.56. The molecular formula is C20H25NO5. The summed E-state index contributed by atoms with van der Waals surface area (Å²) < 4.78 is 17.4. The summed E-state index contributed by atoms with van der Waals surface area (Å²) in [6.07, 6.45) is 4.52. The van der Waals surface area contributed by atoms with Gasteiger partial charge in [0.15, 0.2) is 11.5 Å². The van der Waals surface area contributed by atoms with Crippen LogP contribution in [0.5, 0.6) is 11.5 Å². The summed E-state index contributed by atoms with van der Waals surface area (Å²) in [6, 6.07) is 4.06. The fourth-order valence-corrected chi connectivity index (χ4v) is 4.40. The van der Waals surface area contributed by atoms with Gasteiger partial charge in [-0.1, -0.05) is 12.1 Å². The van der Waals surface area contributed by atoms with Crippen LogP contribution in [0.2, 0.25) is 0 Å². The van der Waals surface area contributed by atoms with Gasteiger partial charge in [-0.3, -0.25) is 4.79 Å². The van der Waals surface area contributed by atoms with Crippen molar-refractivity contribution >= 4 is 5.97 Å². The second kappa shape index (κ2) is 6.59. The van der Waals surface area contributed by atoms with Gasteiger partial charge in [0.25, 0.3) is 0 Å². The van der Waals surface area contributed by atoms with E-state index >= 15 is 0 Å². The molecule has 140 valence electrons. The third-order valence-electron chi connectivity index (χ3n) is 5.56. The van der Waals surface area contributed by atoms with Crippen LogP contribution in [0.3, 0.4) is 0 Å². The first kappa shape index (κ1) is 17.4. The number of methoxy groups -OCH3 is 1. The maximum Gasteiger partial charge on any atom is 0.308 e. The van der Waals surface area contributed by atoms with Gasteiger partial charge in [0, 0.05) is 18.5 Å². The molecule has 0 aromatic heterocycles. The highest BCUT2D eigenvalue weighted by molar-refractivity contribution is 5.70. The van der Waals surface area contributed by atoms with Crippen molar-refractivity contribution in [3.8, 4) is 11.5 Å². The summed E-state index contributed by atoms with van der Waals surface area (Å²) in [5.41, 5.74) is 2.22. The average Bonchev–Trinajstić information content (AvgIpc) is 2.81. The number of benzene rings is 1. The van der Waals surface area contributed by atoms with E-state index in [0.717, 1.165) is 31.0 Å². The molecule has 0 radical (unpaired) electrons. The van der Waals surface area contributed by atoms with Crippen molar-refractivity contribution in [3.05, 3.63) is 35.4 Å². The Morgan fingerprint density at radius 3 is 3.12 bits per heavy atom. The lowest BCUT2D eigenvalue weighted by Gasteiger charge is -2.36. The normalized spacial score (nSPS) is 29.8. The largest absolute Gasteiger partial charge is 0.493 e. The van der Waals surface area contributed by atoms with Gasteiger partial charge >= 0.3 is 5.97 Å². The Labute approximate surface area is 153 Å². The molecule has 6 heteroatoms. The molecule has 0 bridgehead atoms. The highest BCUT2D eigenvalue weighted by Crippen LogP contribution is 2.55. The zero-order valence-corrected chi connectivity index (χ0v) is 15.2. The molecule has 4 atom stereocenters. The summed E-state index contributed by atoms with van der Waals surface area (Å²) >= 11 is 0. The number of aliphatic hydroxyl groups excluding tert-OH is 1. The van der Waals surface area contributed by atoms with Gasteiger partial charge in [0.1, 0.15) is 12.2 Å². The number of aliphatic hydroxyl groups is 1. The van der Waals surface area contributed by atoms with Crippen molar-refractivity contribution in [2.24, 2.45) is 0 Å². The standard InChI is InChI=1S/C20H25NO5/c1-12(22)9-17(23)25-14-5-6-20-7-8-21-11-13-3-4-15(24-2)19(18(13)20)26-16(20)10-14/h3-6,12,14,16,21-22H,7-11H2,1-2H3/t12-,14+,16+,20+/m1/s1. The van der Waals surface area contributed by atoms with E-state index in [4.69, 9.17) is 14.2 Å². The molecule has 6 nitrogen and oxygen atoms in total. The molecule has 3 aliphatic rings. The van der Waals surface area contributed by atoms with Gasteiger partial charge in [-0.05, 0) is 37.6 Å². The van der Waals surface area contributed by atoms with Gasteiger partial charge in [-0.25, -0.2) is 0 Å². The second-order valence-corrected chi connectivity index (χ2v) is 7.38. The monoisotopic (exact) mass is 359 g/mol. The van der Waals surface area contributed by atoms with E-state index in [1.807, 2.05) is 12.1 Å². The average molecular weight is 359 g/mol. The van der Waals surface area contributed by atoms with Crippen LogP contribution in [-0.4, -0.2) is 43.0 Å².